The summed E-state index contributed by atoms with van der Waals surface area (Å²) in [5, 5.41) is 1.10. The summed E-state index contributed by atoms with van der Waals surface area (Å²) < 4.78 is 12.6. The van der Waals surface area contributed by atoms with Crippen LogP contribution < -0.4 is 4.74 Å². The van der Waals surface area contributed by atoms with Crippen LogP contribution in [0.15, 0.2) is 48.7 Å². The lowest BCUT2D eigenvalue weighted by atomic mass is 10.0. The van der Waals surface area contributed by atoms with Crippen molar-refractivity contribution in [3.05, 3.63) is 54.2 Å². The largest absolute Gasteiger partial charge is 0.493 e. The molecule has 0 N–H and O–H groups in total. The molecule has 0 aliphatic rings. The van der Waals surface area contributed by atoms with Crippen molar-refractivity contribution in [3.8, 4) is 16.9 Å². The molecule has 3 aromatic rings. The molecule has 4 heteroatoms. The van der Waals surface area contributed by atoms with Crippen molar-refractivity contribution in [2.24, 2.45) is 13.0 Å². The minimum absolute atomic E-state index is 0.323. The molecule has 0 unspecified atom stereocenters. The summed E-state index contributed by atoms with van der Waals surface area (Å²) in [5.41, 5.74) is 3.80. The van der Waals surface area contributed by atoms with Crippen LogP contribution in [0.3, 0.4) is 0 Å². The number of carbonyl (C=O) groups is 1. The van der Waals surface area contributed by atoms with E-state index in [-0.39, 0.29) is 5.97 Å². The molecule has 2 aromatic carbocycles. The Bertz CT molecular complexity index is 891. The summed E-state index contributed by atoms with van der Waals surface area (Å²) in [5.74, 6) is 1.06. The first-order valence-corrected chi connectivity index (χ1v) is 8.40. The normalized spacial score (nSPS) is 11.1. The molecule has 0 aliphatic carbocycles. The van der Waals surface area contributed by atoms with Gasteiger partial charge in [-0.15, -0.1) is 0 Å². The van der Waals surface area contributed by atoms with Crippen LogP contribution in [0.4, 0.5) is 0 Å². The van der Waals surface area contributed by atoms with E-state index in [1.807, 2.05) is 35.9 Å². The van der Waals surface area contributed by atoms with Gasteiger partial charge in [0.05, 0.1) is 19.3 Å². The van der Waals surface area contributed by atoms with Crippen molar-refractivity contribution in [1.82, 2.24) is 4.57 Å². The lowest BCUT2D eigenvalue weighted by Crippen LogP contribution is -2.04. The number of aromatic nitrogens is 1. The highest BCUT2D eigenvalue weighted by atomic mass is 16.5. The minimum Gasteiger partial charge on any atom is -0.493 e. The van der Waals surface area contributed by atoms with Gasteiger partial charge >= 0.3 is 5.97 Å². The number of benzene rings is 2. The number of aryl methyl sites for hydroxylation is 1. The first-order valence-electron chi connectivity index (χ1n) is 8.40. The monoisotopic (exact) mass is 337 g/mol. The summed E-state index contributed by atoms with van der Waals surface area (Å²) in [4.78, 5) is 11.7. The van der Waals surface area contributed by atoms with Crippen molar-refractivity contribution < 1.29 is 14.3 Å². The molecule has 0 bridgehead atoms. The van der Waals surface area contributed by atoms with E-state index < -0.39 is 0 Å². The fraction of sp³-hybridized carbons (Fsp3) is 0.286. The van der Waals surface area contributed by atoms with Gasteiger partial charge in [0.1, 0.15) is 5.75 Å². The average molecular weight is 337 g/mol. The molecule has 1 heterocycles. The zero-order valence-electron chi connectivity index (χ0n) is 15.1. The molecule has 0 fully saturated rings. The number of nitrogens with zero attached hydrogens (tertiary/aromatic N) is 1. The van der Waals surface area contributed by atoms with Crippen molar-refractivity contribution in [2.45, 2.75) is 13.8 Å². The van der Waals surface area contributed by atoms with Crippen LogP contribution in [0.5, 0.6) is 5.75 Å². The summed E-state index contributed by atoms with van der Waals surface area (Å²) in [7, 11) is 3.37. The average Bonchev–Trinajstić information content (AvgIpc) is 2.96. The molecule has 4 nitrogen and oxygen atoms in total. The highest BCUT2D eigenvalue weighted by Crippen LogP contribution is 2.32. The first-order chi connectivity index (χ1) is 12.0. The quantitative estimate of drug-likeness (QED) is 0.635. The van der Waals surface area contributed by atoms with E-state index >= 15 is 0 Å². The van der Waals surface area contributed by atoms with E-state index in [0.29, 0.717) is 18.1 Å². The molecule has 130 valence electrons. The SMILES string of the molecule is COC(=O)c1ccc2c(-c3ccc(OCC(C)C)cc3)cn(C)c2c1. The maximum absolute atomic E-state index is 11.7. The Morgan fingerprint density at radius 1 is 1.12 bits per heavy atom. The van der Waals surface area contributed by atoms with Crippen LogP contribution in [0.2, 0.25) is 0 Å². The fourth-order valence-electron chi connectivity index (χ4n) is 2.85. The molecule has 0 aliphatic heterocycles. The number of rotatable bonds is 5. The number of hydrogen-bond acceptors (Lipinski definition) is 3. The second-order valence-electron chi connectivity index (χ2n) is 6.61. The van der Waals surface area contributed by atoms with Gasteiger partial charge in [-0.3, -0.25) is 0 Å². The molecule has 1 aromatic heterocycles. The lowest BCUT2D eigenvalue weighted by Gasteiger charge is -2.09. The number of hydrogen-bond donors (Lipinski definition) is 0. The summed E-state index contributed by atoms with van der Waals surface area (Å²) in [6, 6.07) is 13.8. The van der Waals surface area contributed by atoms with E-state index in [1.54, 1.807) is 6.07 Å². The molecular weight excluding hydrogens is 314 g/mol. The fourth-order valence-corrected chi connectivity index (χ4v) is 2.85. The topological polar surface area (TPSA) is 40.5 Å². The Labute approximate surface area is 148 Å². The molecular formula is C21H23NO3. The Morgan fingerprint density at radius 3 is 2.48 bits per heavy atom. The number of ether oxygens (including phenoxy) is 2. The van der Waals surface area contributed by atoms with Crippen LogP contribution in [-0.2, 0) is 11.8 Å². The highest BCUT2D eigenvalue weighted by molar-refractivity contribution is 6.00. The minimum atomic E-state index is -0.323. The standard InChI is InChI=1S/C21H23NO3/c1-14(2)13-25-17-8-5-15(6-9-17)19-12-22(3)20-11-16(21(23)24-4)7-10-18(19)20/h5-12,14H,13H2,1-4H3. The smallest absolute Gasteiger partial charge is 0.337 e. The lowest BCUT2D eigenvalue weighted by molar-refractivity contribution is 0.0601. The number of esters is 1. The second-order valence-corrected chi connectivity index (χ2v) is 6.61. The number of fused-ring (bicyclic) bond motifs is 1. The number of carbonyl (C=O) groups excluding carboxylic acids is 1. The zero-order chi connectivity index (χ0) is 18.0. The van der Waals surface area contributed by atoms with E-state index in [2.05, 4.69) is 32.2 Å². The van der Waals surface area contributed by atoms with Gasteiger partial charge in [-0.05, 0) is 35.7 Å². The maximum Gasteiger partial charge on any atom is 0.337 e. The molecule has 25 heavy (non-hydrogen) atoms. The Hall–Kier alpha value is -2.75. The van der Waals surface area contributed by atoms with Gasteiger partial charge in [0.15, 0.2) is 0 Å². The van der Waals surface area contributed by atoms with Gasteiger partial charge < -0.3 is 14.0 Å². The molecule has 0 amide bonds. The van der Waals surface area contributed by atoms with Crippen LogP contribution in [-0.4, -0.2) is 24.3 Å². The number of methoxy groups -OCH3 is 1. The summed E-state index contributed by atoms with van der Waals surface area (Å²) in [6.45, 7) is 4.98. The predicted octanol–water partition coefficient (Wildman–Crippen LogP) is 4.67. The van der Waals surface area contributed by atoms with Crippen LogP contribution in [0, 0.1) is 5.92 Å². The van der Waals surface area contributed by atoms with Crippen molar-refractivity contribution >= 4 is 16.9 Å². The van der Waals surface area contributed by atoms with Crippen LogP contribution >= 0.6 is 0 Å². The van der Waals surface area contributed by atoms with Gasteiger partial charge in [0, 0.05) is 29.7 Å². The second kappa shape index (κ2) is 7.01. The Kier molecular flexibility index (Phi) is 4.79. The Morgan fingerprint density at radius 2 is 1.84 bits per heavy atom. The summed E-state index contributed by atoms with van der Waals surface area (Å²) in [6.07, 6.45) is 2.08. The Balaban J connectivity index is 1.94. The van der Waals surface area contributed by atoms with Gasteiger partial charge in [-0.2, -0.15) is 0 Å². The third-order valence-corrected chi connectivity index (χ3v) is 4.16. The van der Waals surface area contributed by atoms with E-state index in [4.69, 9.17) is 9.47 Å². The van der Waals surface area contributed by atoms with E-state index in [0.717, 1.165) is 27.8 Å². The van der Waals surface area contributed by atoms with Crippen molar-refractivity contribution in [2.75, 3.05) is 13.7 Å². The molecule has 0 atom stereocenters. The van der Waals surface area contributed by atoms with Gasteiger partial charge in [-0.25, -0.2) is 4.79 Å². The van der Waals surface area contributed by atoms with Crippen molar-refractivity contribution in [3.63, 3.8) is 0 Å². The molecule has 3 rings (SSSR count). The highest BCUT2D eigenvalue weighted by Gasteiger charge is 2.12. The van der Waals surface area contributed by atoms with E-state index in [1.165, 1.54) is 7.11 Å². The zero-order valence-corrected chi connectivity index (χ0v) is 15.1. The third-order valence-electron chi connectivity index (χ3n) is 4.16. The molecule has 0 radical (unpaired) electrons. The van der Waals surface area contributed by atoms with Crippen molar-refractivity contribution in [1.29, 1.82) is 0 Å². The predicted molar refractivity (Wildman–Crippen MR) is 100 cm³/mol. The van der Waals surface area contributed by atoms with Crippen LogP contribution in [0.1, 0.15) is 24.2 Å². The van der Waals surface area contributed by atoms with Gasteiger partial charge in [-0.1, -0.05) is 32.0 Å². The van der Waals surface area contributed by atoms with E-state index in [9.17, 15) is 4.79 Å². The third kappa shape index (κ3) is 3.53. The van der Waals surface area contributed by atoms with Gasteiger partial charge in [0.2, 0.25) is 0 Å². The van der Waals surface area contributed by atoms with Crippen LogP contribution in [0.25, 0.3) is 22.0 Å². The molecule has 0 saturated carbocycles. The summed E-state index contributed by atoms with van der Waals surface area (Å²) >= 11 is 0. The molecule has 0 saturated heterocycles. The maximum atomic E-state index is 11.7. The van der Waals surface area contributed by atoms with Gasteiger partial charge in [0.25, 0.3) is 0 Å². The molecule has 0 spiro atoms. The first kappa shape index (κ1) is 17.1.